The summed E-state index contributed by atoms with van der Waals surface area (Å²) >= 11 is 0. The lowest BCUT2D eigenvalue weighted by molar-refractivity contribution is -0.0866. The molecule has 3 nitrogen and oxygen atoms in total. The minimum absolute atomic E-state index is 0.159. The van der Waals surface area contributed by atoms with E-state index >= 15 is 0 Å². The van der Waals surface area contributed by atoms with Crippen molar-refractivity contribution in [3.05, 3.63) is 54.5 Å². The Balaban J connectivity index is 2.25. The number of hydrogen-bond donors (Lipinski definition) is 0. The summed E-state index contributed by atoms with van der Waals surface area (Å²) in [6.07, 6.45) is -4.49. The van der Waals surface area contributed by atoms with Crippen molar-refractivity contribution in [3.8, 4) is 11.4 Å². The molecule has 0 aliphatic rings. The van der Waals surface area contributed by atoms with Gasteiger partial charge in [-0.15, -0.1) is 0 Å². The maximum absolute atomic E-state index is 12.5. The molecule has 2 rings (SSSR count). The van der Waals surface area contributed by atoms with Gasteiger partial charge in [-0.25, -0.2) is 0 Å². The summed E-state index contributed by atoms with van der Waals surface area (Å²) in [5, 5.41) is 3.73. The maximum atomic E-state index is 12.5. The fourth-order valence-corrected chi connectivity index (χ4v) is 1.58. The maximum Gasteiger partial charge on any atom is 0.416 e. The molecule has 0 spiro atoms. The third-order valence-electron chi connectivity index (χ3n) is 2.73. The van der Waals surface area contributed by atoms with Crippen LogP contribution in [-0.2, 0) is 0 Å². The van der Waals surface area contributed by atoms with E-state index in [1.54, 1.807) is 19.1 Å². The van der Waals surface area contributed by atoms with Crippen LogP contribution >= 0.6 is 0 Å². The van der Waals surface area contributed by atoms with Crippen molar-refractivity contribution in [2.75, 3.05) is 0 Å². The highest BCUT2D eigenvalue weighted by atomic mass is 19.4. The van der Waals surface area contributed by atoms with Crippen LogP contribution in [0.2, 0.25) is 0 Å². The molecule has 0 saturated carbocycles. The highest BCUT2D eigenvalue weighted by Crippen LogP contribution is 2.34. The van der Waals surface area contributed by atoms with Crippen LogP contribution in [-0.4, -0.2) is 16.3 Å². The second kappa shape index (κ2) is 4.96. The Hall–Kier alpha value is -2.37. The monoisotopic (exact) mass is 280 g/mol. The average molecular weight is 280 g/mol. The summed E-state index contributed by atoms with van der Waals surface area (Å²) in [7, 11) is 0. The van der Waals surface area contributed by atoms with Gasteiger partial charge in [-0.1, -0.05) is 42.6 Å². The van der Waals surface area contributed by atoms with E-state index < -0.39 is 11.7 Å². The molecule has 0 unspecified atom stereocenters. The first-order valence-corrected chi connectivity index (χ1v) is 5.65. The van der Waals surface area contributed by atoms with Gasteiger partial charge in [-0.2, -0.15) is 18.2 Å². The topological polar surface area (TPSA) is 38.9 Å². The first kappa shape index (κ1) is 14.0. The van der Waals surface area contributed by atoms with Crippen molar-refractivity contribution < 1.29 is 17.7 Å². The molecule has 0 bridgehead atoms. The third-order valence-corrected chi connectivity index (χ3v) is 2.73. The minimum atomic E-state index is -4.49. The van der Waals surface area contributed by atoms with Crippen molar-refractivity contribution in [1.82, 2.24) is 10.1 Å². The van der Waals surface area contributed by atoms with Crippen LogP contribution in [0, 0.1) is 6.92 Å². The smallest absolute Gasteiger partial charge is 0.339 e. The van der Waals surface area contributed by atoms with E-state index in [0.29, 0.717) is 22.8 Å². The van der Waals surface area contributed by atoms with Crippen molar-refractivity contribution in [1.29, 1.82) is 0 Å². The van der Waals surface area contributed by atoms with Crippen LogP contribution in [0.1, 0.15) is 11.5 Å². The third kappa shape index (κ3) is 2.79. The zero-order chi connectivity index (χ0) is 14.9. The summed E-state index contributed by atoms with van der Waals surface area (Å²) in [6.45, 7) is 8.10. The van der Waals surface area contributed by atoms with Gasteiger partial charge in [0.1, 0.15) is 0 Å². The molecule has 0 aliphatic carbocycles. The number of hydrogen-bond acceptors (Lipinski definition) is 3. The van der Waals surface area contributed by atoms with E-state index in [9.17, 15) is 13.2 Å². The second-order valence-corrected chi connectivity index (χ2v) is 4.17. The molecule has 0 N–H and O–H groups in total. The Morgan fingerprint density at radius 2 is 1.75 bits per heavy atom. The average Bonchev–Trinajstić information content (AvgIpc) is 2.83. The van der Waals surface area contributed by atoms with Gasteiger partial charge >= 0.3 is 6.18 Å². The van der Waals surface area contributed by atoms with E-state index in [1.807, 2.05) is 0 Å². The Labute approximate surface area is 113 Å². The highest BCUT2D eigenvalue weighted by Gasteiger charge is 2.33. The van der Waals surface area contributed by atoms with Gasteiger partial charge in [0.2, 0.25) is 11.7 Å². The summed E-state index contributed by atoms with van der Waals surface area (Å²) in [5.41, 5.74) is -0.124. The summed E-state index contributed by atoms with van der Waals surface area (Å²) in [6, 6.07) is 6.24. The normalized spacial score (nSPS) is 11.4. The van der Waals surface area contributed by atoms with E-state index in [-0.39, 0.29) is 5.57 Å². The molecule has 0 atom stereocenters. The molecular formula is C14H11F3N2O. The van der Waals surface area contributed by atoms with Crippen molar-refractivity contribution in [2.24, 2.45) is 0 Å². The highest BCUT2D eigenvalue weighted by molar-refractivity contribution is 5.78. The number of allylic oxidation sites excluding steroid dienone is 2. The van der Waals surface area contributed by atoms with Crippen molar-refractivity contribution in [3.63, 3.8) is 0 Å². The Morgan fingerprint density at radius 1 is 1.15 bits per heavy atom. The van der Waals surface area contributed by atoms with E-state index in [0.717, 1.165) is 0 Å². The molecule has 0 amide bonds. The molecule has 0 aliphatic heterocycles. The predicted octanol–water partition coefficient (Wildman–Crippen LogP) is 4.18. The minimum Gasteiger partial charge on any atom is -0.339 e. The molecule has 20 heavy (non-hydrogen) atoms. The quantitative estimate of drug-likeness (QED) is 0.792. The Bertz CT molecular complexity index is 654. The zero-order valence-electron chi connectivity index (χ0n) is 10.7. The van der Waals surface area contributed by atoms with E-state index in [2.05, 4.69) is 23.3 Å². The van der Waals surface area contributed by atoms with Gasteiger partial charge in [0.05, 0.1) is 5.57 Å². The fraction of sp³-hybridized carbons (Fsp3) is 0.143. The fourth-order valence-electron chi connectivity index (χ4n) is 1.58. The second-order valence-electron chi connectivity index (χ2n) is 4.17. The van der Waals surface area contributed by atoms with Crippen LogP contribution in [0.25, 0.3) is 17.0 Å². The van der Waals surface area contributed by atoms with Gasteiger partial charge < -0.3 is 4.52 Å². The number of aryl methyl sites for hydroxylation is 1. The molecule has 1 aromatic heterocycles. The molecule has 1 heterocycles. The summed E-state index contributed by atoms with van der Waals surface area (Å²) < 4.78 is 42.5. The molecule has 0 saturated heterocycles. The van der Waals surface area contributed by atoms with Crippen LogP contribution in [0.15, 0.2) is 47.5 Å². The van der Waals surface area contributed by atoms with Gasteiger partial charge in [0, 0.05) is 12.5 Å². The summed E-state index contributed by atoms with van der Waals surface area (Å²) in [4.78, 5) is 4.03. The van der Waals surface area contributed by atoms with E-state index in [1.165, 1.54) is 12.1 Å². The molecule has 1 aromatic carbocycles. The first-order chi connectivity index (χ1) is 9.29. The van der Waals surface area contributed by atoms with Crippen LogP contribution in [0.5, 0.6) is 0 Å². The van der Waals surface area contributed by atoms with Gasteiger partial charge in [-0.05, 0) is 11.1 Å². The van der Waals surface area contributed by atoms with Crippen LogP contribution in [0.3, 0.4) is 0 Å². The lowest BCUT2D eigenvalue weighted by Crippen LogP contribution is -2.11. The van der Waals surface area contributed by atoms with Crippen molar-refractivity contribution >= 4 is 5.57 Å². The van der Waals surface area contributed by atoms with Crippen LogP contribution < -0.4 is 0 Å². The standard InChI is InChI=1S/C14H11F3N2O/c1-8(9(2)14(15,16)17)11-4-6-12(7-5-11)13-18-10(3)20-19-13/h4-7H,1-2H2,3H3. The molecular weight excluding hydrogens is 269 g/mol. The first-order valence-electron chi connectivity index (χ1n) is 5.65. The summed E-state index contributed by atoms with van der Waals surface area (Å²) in [5.74, 6) is 0.799. The van der Waals surface area contributed by atoms with Gasteiger partial charge in [0.15, 0.2) is 0 Å². The molecule has 6 heteroatoms. The molecule has 0 radical (unpaired) electrons. The number of rotatable bonds is 3. The number of benzene rings is 1. The number of halogens is 3. The lowest BCUT2D eigenvalue weighted by Gasteiger charge is -2.13. The Morgan fingerprint density at radius 3 is 2.20 bits per heavy atom. The number of aromatic nitrogens is 2. The van der Waals surface area contributed by atoms with E-state index in [4.69, 9.17) is 4.52 Å². The molecule has 2 aromatic rings. The number of nitrogens with zero attached hydrogens (tertiary/aromatic N) is 2. The number of alkyl halides is 3. The zero-order valence-corrected chi connectivity index (χ0v) is 10.7. The molecule has 0 fully saturated rings. The largest absolute Gasteiger partial charge is 0.416 e. The Kier molecular flexibility index (Phi) is 3.48. The SMILES string of the molecule is C=C(C(=C)C(F)(F)F)c1ccc(-c2noc(C)n2)cc1. The lowest BCUT2D eigenvalue weighted by atomic mass is 9.99. The van der Waals surface area contributed by atoms with Crippen LogP contribution in [0.4, 0.5) is 13.2 Å². The van der Waals surface area contributed by atoms with Gasteiger partial charge in [-0.3, -0.25) is 0 Å². The van der Waals surface area contributed by atoms with Crippen molar-refractivity contribution in [2.45, 2.75) is 13.1 Å². The predicted molar refractivity (Wildman–Crippen MR) is 68.7 cm³/mol. The van der Waals surface area contributed by atoms with Gasteiger partial charge in [0.25, 0.3) is 0 Å². The molecule has 104 valence electrons.